The van der Waals surface area contributed by atoms with E-state index in [0.717, 1.165) is 10.6 Å². The van der Waals surface area contributed by atoms with Crippen LogP contribution in [0.15, 0.2) is 24.3 Å². The average molecular weight is 309 g/mol. The highest BCUT2D eigenvalue weighted by atomic mass is 35.5. The van der Waals surface area contributed by atoms with Crippen molar-refractivity contribution in [3.05, 3.63) is 34.9 Å². The molecule has 0 bridgehead atoms. The smallest absolute Gasteiger partial charge is 0.0692 e. The van der Waals surface area contributed by atoms with E-state index in [-0.39, 0.29) is 0 Å². The zero-order chi connectivity index (χ0) is 15.1. The molecule has 21 heavy (non-hydrogen) atoms. The second-order valence-electron chi connectivity index (χ2n) is 5.58. The lowest BCUT2D eigenvalue weighted by atomic mass is 9.77. The first-order valence-electron chi connectivity index (χ1n) is 7.26. The number of halogens is 1. The minimum atomic E-state index is -0.537. The van der Waals surface area contributed by atoms with Gasteiger partial charge in [0, 0.05) is 31.3 Å². The quantitative estimate of drug-likeness (QED) is 0.847. The lowest BCUT2D eigenvalue weighted by Crippen LogP contribution is -2.36. The fourth-order valence-corrected chi connectivity index (χ4v) is 2.86. The summed E-state index contributed by atoms with van der Waals surface area (Å²) < 4.78 is 5.30. The van der Waals surface area contributed by atoms with Gasteiger partial charge in [0.15, 0.2) is 0 Å². The molecule has 0 saturated carbocycles. The highest BCUT2D eigenvalue weighted by molar-refractivity contribution is 6.31. The monoisotopic (exact) mass is 308 g/mol. The third kappa shape index (κ3) is 4.69. The molecule has 1 saturated heterocycles. The number of hydrogen-bond donors (Lipinski definition) is 2. The molecule has 0 aromatic heterocycles. The molecule has 1 atom stereocenters. The highest BCUT2D eigenvalue weighted by Crippen LogP contribution is 2.34. The Kier molecular flexibility index (Phi) is 6.01. The molecule has 0 amide bonds. The van der Waals surface area contributed by atoms with Crippen molar-refractivity contribution in [2.45, 2.75) is 31.9 Å². The van der Waals surface area contributed by atoms with Gasteiger partial charge in [-0.3, -0.25) is 0 Å². The maximum atomic E-state index is 10.2. The Balaban J connectivity index is 1.78. The molecule has 1 heterocycles. The van der Waals surface area contributed by atoms with Crippen LogP contribution in [-0.4, -0.2) is 31.0 Å². The van der Waals surface area contributed by atoms with Crippen molar-refractivity contribution in [3.63, 3.8) is 0 Å². The molecule has 4 nitrogen and oxygen atoms in total. The molecular formula is C16H21ClN2O2. The van der Waals surface area contributed by atoms with Crippen LogP contribution in [0.2, 0.25) is 5.02 Å². The highest BCUT2D eigenvalue weighted by Gasteiger charge is 2.34. The van der Waals surface area contributed by atoms with Gasteiger partial charge >= 0.3 is 0 Å². The molecule has 1 unspecified atom stereocenters. The van der Waals surface area contributed by atoms with E-state index in [1.165, 1.54) is 0 Å². The number of aliphatic hydroxyl groups is 1. The van der Waals surface area contributed by atoms with E-state index in [0.29, 0.717) is 45.6 Å². The summed E-state index contributed by atoms with van der Waals surface area (Å²) in [5, 5.41) is 23.5. The summed E-state index contributed by atoms with van der Waals surface area (Å²) in [6, 6.07) is 10.0. The number of nitriles is 1. The Bertz CT molecular complexity index is 495. The summed E-state index contributed by atoms with van der Waals surface area (Å²) in [7, 11) is 0. The molecule has 2 rings (SSSR count). The van der Waals surface area contributed by atoms with Gasteiger partial charge in [-0.1, -0.05) is 29.8 Å². The maximum Gasteiger partial charge on any atom is 0.0692 e. The van der Waals surface area contributed by atoms with Crippen LogP contribution in [0.25, 0.3) is 0 Å². The van der Waals surface area contributed by atoms with Crippen LogP contribution in [-0.2, 0) is 11.3 Å². The van der Waals surface area contributed by atoms with E-state index in [9.17, 15) is 10.4 Å². The lowest BCUT2D eigenvalue weighted by molar-refractivity contribution is 0.0143. The second kappa shape index (κ2) is 7.77. The van der Waals surface area contributed by atoms with Crippen molar-refractivity contribution in [2.75, 3.05) is 19.8 Å². The zero-order valence-electron chi connectivity index (χ0n) is 12.0. The van der Waals surface area contributed by atoms with Crippen LogP contribution in [0, 0.1) is 16.7 Å². The van der Waals surface area contributed by atoms with Gasteiger partial charge in [-0.25, -0.2) is 0 Å². The van der Waals surface area contributed by atoms with Gasteiger partial charge in [0.1, 0.15) is 0 Å². The van der Waals surface area contributed by atoms with Crippen molar-refractivity contribution in [1.82, 2.24) is 5.32 Å². The number of benzene rings is 1. The number of ether oxygens (including phenoxy) is 1. The van der Waals surface area contributed by atoms with E-state index in [1.54, 1.807) is 0 Å². The van der Waals surface area contributed by atoms with Gasteiger partial charge in [-0.05, 0) is 30.9 Å². The van der Waals surface area contributed by atoms with Crippen LogP contribution in [0.5, 0.6) is 0 Å². The van der Waals surface area contributed by atoms with E-state index in [4.69, 9.17) is 16.3 Å². The molecular weight excluding hydrogens is 288 g/mol. The summed E-state index contributed by atoms with van der Waals surface area (Å²) >= 11 is 6.08. The van der Waals surface area contributed by atoms with E-state index in [2.05, 4.69) is 11.4 Å². The van der Waals surface area contributed by atoms with Crippen molar-refractivity contribution in [3.8, 4) is 6.07 Å². The van der Waals surface area contributed by atoms with Gasteiger partial charge in [0.25, 0.3) is 0 Å². The minimum absolute atomic E-state index is 0.441. The van der Waals surface area contributed by atoms with Gasteiger partial charge < -0.3 is 15.2 Å². The molecule has 1 aromatic carbocycles. The molecule has 0 radical (unpaired) electrons. The summed E-state index contributed by atoms with van der Waals surface area (Å²) in [5.41, 5.74) is 0.566. The predicted octanol–water partition coefficient (Wildman–Crippen LogP) is 2.50. The normalized spacial score (nSPS) is 18.9. The molecule has 5 heteroatoms. The fraction of sp³-hybridized carbons (Fsp3) is 0.562. The Hall–Kier alpha value is -1.12. The Morgan fingerprint density at radius 1 is 1.38 bits per heavy atom. The van der Waals surface area contributed by atoms with Crippen LogP contribution in [0.1, 0.15) is 24.8 Å². The molecule has 1 aliphatic heterocycles. The third-order valence-electron chi connectivity index (χ3n) is 3.97. The Morgan fingerprint density at radius 2 is 2.10 bits per heavy atom. The Labute approximate surface area is 130 Å². The average Bonchev–Trinajstić information content (AvgIpc) is 2.50. The van der Waals surface area contributed by atoms with E-state index < -0.39 is 11.5 Å². The SMILES string of the molecule is N#CC1(CC(O)CNCc2ccccc2Cl)CCOCC1. The van der Waals surface area contributed by atoms with Gasteiger partial charge in [-0.2, -0.15) is 5.26 Å². The largest absolute Gasteiger partial charge is 0.392 e. The molecule has 0 spiro atoms. The maximum absolute atomic E-state index is 10.2. The molecule has 1 aromatic rings. The fourth-order valence-electron chi connectivity index (χ4n) is 2.66. The number of aliphatic hydroxyl groups excluding tert-OH is 1. The first-order valence-corrected chi connectivity index (χ1v) is 7.64. The predicted molar refractivity (Wildman–Crippen MR) is 81.9 cm³/mol. The van der Waals surface area contributed by atoms with Gasteiger partial charge in [0.2, 0.25) is 0 Å². The van der Waals surface area contributed by atoms with Gasteiger partial charge in [-0.15, -0.1) is 0 Å². The number of nitrogens with one attached hydrogen (secondary N) is 1. The number of rotatable bonds is 6. The first kappa shape index (κ1) is 16.3. The van der Waals surface area contributed by atoms with Gasteiger partial charge in [0.05, 0.1) is 17.6 Å². The van der Waals surface area contributed by atoms with Crippen molar-refractivity contribution in [1.29, 1.82) is 5.26 Å². The van der Waals surface area contributed by atoms with Crippen molar-refractivity contribution >= 4 is 11.6 Å². The summed E-state index contributed by atoms with van der Waals surface area (Å²) in [6.45, 7) is 2.27. The molecule has 1 fully saturated rings. The number of hydrogen-bond acceptors (Lipinski definition) is 4. The summed E-state index contributed by atoms with van der Waals surface area (Å²) in [4.78, 5) is 0. The lowest BCUT2D eigenvalue weighted by Gasteiger charge is -2.32. The first-order chi connectivity index (χ1) is 10.2. The number of nitrogens with zero attached hydrogens (tertiary/aromatic N) is 1. The van der Waals surface area contributed by atoms with Crippen LogP contribution < -0.4 is 5.32 Å². The van der Waals surface area contributed by atoms with Crippen LogP contribution >= 0.6 is 11.6 Å². The molecule has 1 aliphatic rings. The molecule has 114 valence electrons. The zero-order valence-corrected chi connectivity index (χ0v) is 12.8. The topological polar surface area (TPSA) is 65.3 Å². The van der Waals surface area contributed by atoms with Crippen molar-refractivity contribution < 1.29 is 9.84 Å². The summed E-state index contributed by atoms with van der Waals surface area (Å²) in [5.74, 6) is 0. The Morgan fingerprint density at radius 3 is 2.76 bits per heavy atom. The van der Waals surface area contributed by atoms with Crippen LogP contribution in [0.4, 0.5) is 0 Å². The van der Waals surface area contributed by atoms with Crippen LogP contribution in [0.3, 0.4) is 0 Å². The molecule has 0 aliphatic carbocycles. The van der Waals surface area contributed by atoms with E-state index in [1.807, 2.05) is 24.3 Å². The molecule has 2 N–H and O–H groups in total. The minimum Gasteiger partial charge on any atom is -0.392 e. The third-order valence-corrected chi connectivity index (χ3v) is 4.34. The standard InChI is InChI=1S/C16H21ClN2O2/c17-15-4-2-1-3-13(15)10-19-11-14(20)9-16(12-18)5-7-21-8-6-16/h1-4,14,19-20H,5-11H2. The van der Waals surface area contributed by atoms with Crippen molar-refractivity contribution in [2.24, 2.45) is 5.41 Å². The second-order valence-corrected chi connectivity index (χ2v) is 5.99. The summed E-state index contributed by atoms with van der Waals surface area (Å²) in [6.07, 6.45) is 1.35. The van der Waals surface area contributed by atoms with E-state index >= 15 is 0 Å².